The molecule has 0 amide bonds. The molecule has 2 aliphatic rings. The first-order chi connectivity index (χ1) is 8.06. The van der Waals surface area contributed by atoms with Crippen LogP contribution >= 0.6 is 0 Å². The lowest BCUT2D eigenvalue weighted by Gasteiger charge is -2.28. The standard InChI is InChI=1S/C14H23N3/c1-10-9-17(11-6-7-11)13(15-10)16-12-5-4-8-14(12,2)3/h9,11-12H,4-8H2,1-3H3,(H,15,16). The van der Waals surface area contributed by atoms with Gasteiger partial charge in [-0.25, -0.2) is 4.98 Å². The molecule has 1 aromatic heterocycles. The van der Waals surface area contributed by atoms with Crippen LogP contribution in [0.25, 0.3) is 0 Å². The minimum Gasteiger partial charge on any atom is -0.352 e. The summed E-state index contributed by atoms with van der Waals surface area (Å²) in [5.74, 6) is 1.10. The lowest BCUT2D eigenvalue weighted by atomic mass is 9.87. The van der Waals surface area contributed by atoms with Gasteiger partial charge in [-0.3, -0.25) is 0 Å². The fourth-order valence-electron chi connectivity index (χ4n) is 3.00. The van der Waals surface area contributed by atoms with Gasteiger partial charge in [0.25, 0.3) is 0 Å². The fraction of sp³-hybridized carbons (Fsp3) is 0.786. The molecule has 3 nitrogen and oxygen atoms in total. The quantitative estimate of drug-likeness (QED) is 0.865. The number of nitrogens with one attached hydrogen (secondary N) is 1. The van der Waals surface area contributed by atoms with Crippen molar-refractivity contribution in [3.05, 3.63) is 11.9 Å². The number of hydrogen-bond donors (Lipinski definition) is 1. The van der Waals surface area contributed by atoms with E-state index in [1.54, 1.807) is 0 Å². The average molecular weight is 233 g/mol. The highest BCUT2D eigenvalue weighted by molar-refractivity contribution is 5.33. The van der Waals surface area contributed by atoms with Gasteiger partial charge in [-0.2, -0.15) is 0 Å². The van der Waals surface area contributed by atoms with Crippen molar-refractivity contribution in [2.45, 2.75) is 65.0 Å². The largest absolute Gasteiger partial charge is 0.352 e. The van der Waals surface area contributed by atoms with Crippen LogP contribution in [0.4, 0.5) is 5.95 Å². The van der Waals surface area contributed by atoms with Crippen LogP contribution in [0.1, 0.15) is 57.7 Å². The molecule has 1 aromatic rings. The van der Waals surface area contributed by atoms with Crippen molar-refractivity contribution in [3.8, 4) is 0 Å². The molecule has 0 aromatic carbocycles. The molecule has 3 heteroatoms. The van der Waals surface area contributed by atoms with Crippen molar-refractivity contribution >= 4 is 5.95 Å². The SMILES string of the molecule is Cc1cn(C2CC2)c(NC2CCCC2(C)C)n1. The van der Waals surface area contributed by atoms with Crippen LogP contribution in [-0.4, -0.2) is 15.6 Å². The summed E-state index contributed by atoms with van der Waals surface area (Å²) in [5.41, 5.74) is 1.55. The molecule has 1 heterocycles. The summed E-state index contributed by atoms with van der Waals surface area (Å²) in [6, 6.07) is 1.30. The summed E-state index contributed by atoms with van der Waals surface area (Å²) in [5, 5.41) is 3.69. The summed E-state index contributed by atoms with van der Waals surface area (Å²) in [7, 11) is 0. The van der Waals surface area contributed by atoms with E-state index in [-0.39, 0.29) is 0 Å². The first kappa shape index (κ1) is 11.1. The molecular formula is C14H23N3. The van der Waals surface area contributed by atoms with E-state index in [9.17, 15) is 0 Å². The first-order valence-corrected chi connectivity index (χ1v) is 6.88. The Balaban J connectivity index is 1.80. The molecule has 2 saturated carbocycles. The number of aryl methyl sites for hydroxylation is 1. The van der Waals surface area contributed by atoms with E-state index in [1.165, 1.54) is 32.1 Å². The molecule has 0 bridgehead atoms. The number of rotatable bonds is 3. The van der Waals surface area contributed by atoms with E-state index in [2.05, 4.69) is 41.8 Å². The Morgan fingerprint density at radius 3 is 2.71 bits per heavy atom. The summed E-state index contributed by atoms with van der Waals surface area (Å²) in [4.78, 5) is 4.65. The normalized spacial score (nSPS) is 27.4. The third-order valence-electron chi connectivity index (χ3n) is 4.35. The highest BCUT2D eigenvalue weighted by Gasteiger charge is 2.36. The van der Waals surface area contributed by atoms with Crippen LogP contribution < -0.4 is 5.32 Å². The van der Waals surface area contributed by atoms with Gasteiger partial charge in [0.1, 0.15) is 0 Å². The maximum atomic E-state index is 4.65. The van der Waals surface area contributed by atoms with E-state index < -0.39 is 0 Å². The van der Waals surface area contributed by atoms with Crippen LogP contribution in [-0.2, 0) is 0 Å². The Morgan fingerprint density at radius 1 is 1.35 bits per heavy atom. The molecule has 0 radical (unpaired) electrons. The van der Waals surface area contributed by atoms with Gasteiger partial charge >= 0.3 is 0 Å². The Kier molecular flexibility index (Phi) is 2.46. The molecule has 0 aliphatic heterocycles. The predicted octanol–water partition coefficient (Wildman–Crippen LogP) is 3.52. The van der Waals surface area contributed by atoms with Crippen LogP contribution in [0.15, 0.2) is 6.20 Å². The Hall–Kier alpha value is -0.990. The average Bonchev–Trinajstić information content (AvgIpc) is 2.95. The summed E-state index contributed by atoms with van der Waals surface area (Å²) >= 11 is 0. The van der Waals surface area contributed by atoms with Gasteiger partial charge in [-0.05, 0) is 38.0 Å². The third-order valence-corrected chi connectivity index (χ3v) is 4.35. The van der Waals surface area contributed by atoms with E-state index in [0.29, 0.717) is 17.5 Å². The van der Waals surface area contributed by atoms with Crippen molar-refractivity contribution in [1.29, 1.82) is 0 Å². The van der Waals surface area contributed by atoms with E-state index in [1.807, 2.05) is 0 Å². The van der Waals surface area contributed by atoms with E-state index in [4.69, 9.17) is 0 Å². The van der Waals surface area contributed by atoms with Crippen LogP contribution in [0.2, 0.25) is 0 Å². The molecule has 3 rings (SSSR count). The van der Waals surface area contributed by atoms with Gasteiger partial charge in [0.2, 0.25) is 5.95 Å². The lowest BCUT2D eigenvalue weighted by Crippen LogP contribution is -2.32. The summed E-state index contributed by atoms with van der Waals surface area (Å²) in [6.07, 6.45) is 8.78. The van der Waals surface area contributed by atoms with Crippen LogP contribution in [0.3, 0.4) is 0 Å². The Labute approximate surface area is 104 Å². The van der Waals surface area contributed by atoms with Gasteiger partial charge in [-0.1, -0.05) is 20.3 Å². The number of aromatic nitrogens is 2. The molecule has 0 saturated heterocycles. The van der Waals surface area contributed by atoms with E-state index in [0.717, 1.165) is 11.6 Å². The minimum atomic E-state index is 0.411. The molecule has 1 N–H and O–H groups in total. The van der Waals surface area contributed by atoms with Crippen LogP contribution in [0.5, 0.6) is 0 Å². The van der Waals surface area contributed by atoms with Gasteiger partial charge in [-0.15, -0.1) is 0 Å². The zero-order valence-electron chi connectivity index (χ0n) is 11.2. The van der Waals surface area contributed by atoms with Crippen molar-refractivity contribution in [3.63, 3.8) is 0 Å². The maximum absolute atomic E-state index is 4.65. The summed E-state index contributed by atoms with van der Waals surface area (Å²) < 4.78 is 2.35. The van der Waals surface area contributed by atoms with Crippen molar-refractivity contribution in [2.24, 2.45) is 5.41 Å². The number of hydrogen-bond acceptors (Lipinski definition) is 2. The predicted molar refractivity (Wildman–Crippen MR) is 70.3 cm³/mol. The zero-order chi connectivity index (χ0) is 12.0. The number of imidazole rings is 1. The maximum Gasteiger partial charge on any atom is 0.203 e. The van der Waals surface area contributed by atoms with Gasteiger partial charge in [0.15, 0.2) is 0 Å². The number of anilines is 1. The van der Waals surface area contributed by atoms with Crippen molar-refractivity contribution in [1.82, 2.24) is 9.55 Å². The monoisotopic (exact) mass is 233 g/mol. The van der Waals surface area contributed by atoms with Crippen molar-refractivity contribution in [2.75, 3.05) is 5.32 Å². The Bertz CT molecular complexity index is 415. The van der Waals surface area contributed by atoms with Crippen molar-refractivity contribution < 1.29 is 0 Å². The molecule has 17 heavy (non-hydrogen) atoms. The molecule has 2 fully saturated rings. The molecule has 2 aliphatic carbocycles. The second kappa shape index (κ2) is 3.76. The Morgan fingerprint density at radius 2 is 2.12 bits per heavy atom. The molecule has 1 atom stereocenters. The van der Waals surface area contributed by atoms with Gasteiger partial charge < -0.3 is 9.88 Å². The molecule has 94 valence electrons. The van der Waals surface area contributed by atoms with Gasteiger partial charge in [0.05, 0.1) is 5.69 Å². The van der Waals surface area contributed by atoms with E-state index >= 15 is 0 Å². The first-order valence-electron chi connectivity index (χ1n) is 6.88. The summed E-state index contributed by atoms with van der Waals surface area (Å²) in [6.45, 7) is 6.83. The molecule has 1 unspecified atom stereocenters. The highest BCUT2D eigenvalue weighted by atomic mass is 15.2. The molecule has 0 spiro atoms. The second-order valence-electron chi connectivity index (χ2n) is 6.42. The highest BCUT2D eigenvalue weighted by Crippen LogP contribution is 2.41. The second-order valence-corrected chi connectivity index (χ2v) is 6.42. The lowest BCUT2D eigenvalue weighted by molar-refractivity contribution is 0.348. The minimum absolute atomic E-state index is 0.411. The molecular weight excluding hydrogens is 210 g/mol. The topological polar surface area (TPSA) is 29.9 Å². The zero-order valence-corrected chi connectivity index (χ0v) is 11.2. The van der Waals surface area contributed by atoms with Gasteiger partial charge in [0, 0.05) is 18.3 Å². The number of nitrogens with zero attached hydrogens (tertiary/aromatic N) is 2. The smallest absolute Gasteiger partial charge is 0.203 e. The third kappa shape index (κ3) is 2.07. The fourth-order valence-corrected chi connectivity index (χ4v) is 3.00. The van der Waals surface area contributed by atoms with Crippen LogP contribution in [0, 0.1) is 12.3 Å².